The van der Waals surface area contributed by atoms with Crippen LogP contribution in [0.1, 0.15) is 29.3 Å². The summed E-state index contributed by atoms with van der Waals surface area (Å²) in [4.78, 5) is 12.1. The maximum absolute atomic E-state index is 12.1. The molecule has 0 fully saturated rings. The number of ether oxygens (including phenoxy) is 1. The van der Waals surface area contributed by atoms with Crippen LogP contribution in [0.5, 0.6) is 0 Å². The lowest BCUT2D eigenvalue weighted by Gasteiger charge is -2.10. The minimum atomic E-state index is -3.64. The van der Waals surface area contributed by atoms with Crippen LogP contribution in [0, 0.1) is 6.92 Å². The molecule has 0 aliphatic carbocycles. The maximum Gasteiger partial charge on any atom is 0.251 e. The van der Waals surface area contributed by atoms with E-state index in [-0.39, 0.29) is 24.0 Å². The van der Waals surface area contributed by atoms with Crippen LogP contribution in [-0.4, -0.2) is 41.1 Å². The van der Waals surface area contributed by atoms with Crippen molar-refractivity contribution in [2.75, 3.05) is 26.8 Å². The topological polar surface area (TPSA) is 84.5 Å². The van der Waals surface area contributed by atoms with E-state index < -0.39 is 10.0 Å². The fourth-order valence-electron chi connectivity index (χ4n) is 1.71. The van der Waals surface area contributed by atoms with Gasteiger partial charge in [-0.25, -0.2) is 13.1 Å². The quantitative estimate of drug-likeness (QED) is 0.703. The van der Waals surface area contributed by atoms with Crippen molar-refractivity contribution in [1.82, 2.24) is 10.0 Å². The van der Waals surface area contributed by atoms with Gasteiger partial charge in [-0.3, -0.25) is 4.79 Å². The van der Waals surface area contributed by atoms with Crippen molar-refractivity contribution in [3.8, 4) is 0 Å². The molecule has 0 atom stereocenters. The average Bonchev–Trinajstić information content (AvgIpc) is 2.45. The zero-order valence-electron chi connectivity index (χ0n) is 12.6. The summed E-state index contributed by atoms with van der Waals surface area (Å²) in [5.74, 6) is -0.261. The van der Waals surface area contributed by atoms with Gasteiger partial charge in [0.1, 0.15) is 0 Å². The molecule has 0 heterocycles. The lowest BCUT2D eigenvalue weighted by molar-refractivity contribution is 0.0953. The maximum atomic E-state index is 12.1. The first-order valence-corrected chi connectivity index (χ1v) is 8.28. The highest BCUT2D eigenvalue weighted by molar-refractivity contribution is 7.89. The Kier molecular flexibility index (Phi) is 6.80. The molecule has 1 aromatic carbocycles. The molecule has 1 rings (SSSR count). The van der Waals surface area contributed by atoms with Crippen LogP contribution in [0.4, 0.5) is 0 Å². The van der Waals surface area contributed by atoms with Crippen LogP contribution in [0.25, 0.3) is 0 Å². The summed E-state index contributed by atoms with van der Waals surface area (Å²) in [6.07, 6.45) is 0.821. The average molecular weight is 314 g/mol. The predicted molar refractivity (Wildman–Crippen MR) is 80.9 cm³/mol. The van der Waals surface area contributed by atoms with E-state index in [0.717, 1.165) is 12.0 Å². The van der Waals surface area contributed by atoms with Gasteiger partial charge >= 0.3 is 0 Å². The number of hydrogen-bond acceptors (Lipinski definition) is 4. The summed E-state index contributed by atoms with van der Waals surface area (Å²) < 4.78 is 31.4. The summed E-state index contributed by atoms with van der Waals surface area (Å²) in [5, 5.41) is 2.75. The second-order valence-electron chi connectivity index (χ2n) is 4.62. The number of carbonyl (C=O) groups is 1. The molecule has 21 heavy (non-hydrogen) atoms. The van der Waals surface area contributed by atoms with Gasteiger partial charge in [0.15, 0.2) is 0 Å². The second kappa shape index (κ2) is 8.11. The van der Waals surface area contributed by atoms with E-state index in [4.69, 9.17) is 4.74 Å². The molecule has 0 radical (unpaired) electrons. The Labute approximate surface area is 125 Å². The highest BCUT2D eigenvalue weighted by Gasteiger charge is 2.17. The van der Waals surface area contributed by atoms with Crippen molar-refractivity contribution >= 4 is 15.9 Å². The van der Waals surface area contributed by atoms with E-state index in [1.54, 1.807) is 13.0 Å². The van der Waals surface area contributed by atoms with Crippen LogP contribution in [0.3, 0.4) is 0 Å². The SMILES string of the molecule is CCCNC(=O)c1cc(S(=O)(=O)NCCOC)ccc1C. The van der Waals surface area contributed by atoms with E-state index >= 15 is 0 Å². The Morgan fingerprint density at radius 3 is 2.62 bits per heavy atom. The number of methoxy groups -OCH3 is 1. The Hall–Kier alpha value is -1.44. The standard InChI is InChI=1S/C14H22N2O4S/c1-4-7-15-14(17)13-10-12(6-5-11(13)2)21(18,19)16-8-9-20-3/h5-6,10,16H,4,7-9H2,1-3H3,(H,15,17). The van der Waals surface area contributed by atoms with Crippen LogP contribution in [0.15, 0.2) is 23.1 Å². The van der Waals surface area contributed by atoms with E-state index in [9.17, 15) is 13.2 Å². The third-order valence-electron chi connectivity index (χ3n) is 2.90. The number of carbonyl (C=O) groups excluding carboxylic acids is 1. The molecular formula is C14H22N2O4S. The van der Waals surface area contributed by atoms with Gasteiger partial charge in [-0.15, -0.1) is 0 Å². The van der Waals surface area contributed by atoms with Gasteiger partial charge < -0.3 is 10.1 Å². The largest absolute Gasteiger partial charge is 0.383 e. The Bertz CT molecular complexity index is 585. The number of benzene rings is 1. The number of amides is 1. The van der Waals surface area contributed by atoms with Crippen molar-refractivity contribution in [3.63, 3.8) is 0 Å². The van der Waals surface area contributed by atoms with Gasteiger partial charge in [-0.2, -0.15) is 0 Å². The molecule has 0 aliphatic rings. The molecule has 6 nitrogen and oxygen atoms in total. The van der Waals surface area contributed by atoms with Gasteiger partial charge in [0.05, 0.1) is 11.5 Å². The summed E-state index contributed by atoms with van der Waals surface area (Å²) in [5.41, 5.74) is 1.11. The van der Waals surface area contributed by atoms with Crippen molar-refractivity contribution in [2.24, 2.45) is 0 Å². The smallest absolute Gasteiger partial charge is 0.251 e. The first kappa shape index (κ1) is 17.6. The summed E-state index contributed by atoms with van der Waals surface area (Å²) in [7, 11) is -2.14. The number of sulfonamides is 1. The highest BCUT2D eigenvalue weighted by atomic mass is 32.2. The third-order valence-corrected chi connectivity index (χ3v) is 4.36. The number of rotatable bonds is 8. The highest BCUT2D eigenvalue weighted by Crippen LogP contribution is 2.15. The Balaban J connectivity index is 2.97. The minimum Gasteiger partial charge on any atom is -0.383 e. The molecule has 0 unspecified atom stereocenters. The van der Waals surface area contributed by atoms with Crippen molar-refractivity contribution in [2.45, 2.75) is 25.2 Å². The molecule has 0 spiro atoms. The number of nitrogens with one attached hydrogen (secondary N) is 2. The van der Waals surface area contributed by atoms with Gasteiger partial charge in [0.2, 0.25) is 10.0 Å². The zero-order valence-corrected chi connectivity index (χ0v) is 13.4. The monoisotopic (exact) mass is 314 g/mol. The molecule has 1 aromatic rings. The number of hydrogen-bond donors (Lipinski definition) is 2. The first-order valence-electron chi connectivity index (χ1n) is 6.79. The molecule has 0 bridgehead atoms. The zero-order chi connectivity index (χ0) is 15.9. The van der Waals surface area contributed by atoms with Crippen LogP contribution in [-0.2, 0) is 14.8 Å². The predicted octanol–water partition coefficient (Wildman–Crippen LogP) is 1.06. The minimum absolute atomic E-state index is 0.0749. The van der Waals surface area contributed by atoms with Crippen LogP contribution in [0.2, 0.25) is 0 Å². The molecule has 7 heteroatoms. The molecular weight excluding hydrogens is 292 g/mol. The second-order valence-corrected chi connectivity index (χ2v) is 6.39. The van der Waals surface area contributed by atoms with E-state index in [0.29, 0.717) is 12.1 Å². The molecule has 0 saturated heterocycles. The molecule has 0 saturated carbocycles. The van der Waals surface area contributed by atoms with Crippen LogP contribution < -0.4 is 10.0 Å². The molecule has 118 valence electrons. The molecule has 2 N–H and O–H groups in total. The molecule has 0 aromatic heterocycles. The van der Waals surface area contributed by atoms with Gasteiger partial charge in [0, 0.05) is 25.8 Å². The van der Waals surface area contributed by atoms with Gasteiger partial charge in [0.25, 0.3) is 5.91 Å². The van der Waals surface area contributed by atoms with Gasteiger partial charge in [-0.1, -0.05) is 13.0 Å². The third kappa shape index (κ3) is 5.11. The normalized spacial score (nSPS) is 11.4. The fraction of sp³-hybridized carbons (Fsp3) is 0.500. The van der Waals surface area contributed by atoms with E-state index in [1.165, 1.54) is 19.2 Å². The lowest BCUT2D eigenvalue weighted by atomic mass is 10.1. The Morgan fingerprint density at radius 1 is 1.29 bits per heavy atom. The lowest BCUT2D eigenvalue weighted by Crippen LogP contribution is -2.28. The van der Waals surface area contributed by atoms with Crippen LogP contribution >= 0.6 is 0 Å². The number of aryl methyl sites for hydroxylation is 1. The van der Waals surface area contributed by atoms with Crippen molar-refractivity contribution in [1.29, 1.82) is 0 Å². The van der Waals surface area contributed by atoms with Crippen molar-refractivity contribution < 1.29 is 17.9 Å². The fourth-order valence-corrected chi connectivity index (χ4v) is 2.75. The summed E-state index contributed by atoms with van der Waals surface area (Å²) >= 11 is 0. The summed E-state index contributed by atoms with van der Waals surface area (Å²) in [6.45, 7) is 4.75. The molecule has 0 aliphatic heterocycles. The van der Waals surface area contributed by atoms with Crippen molar-refractivity contribution in [3.05, 3.63) is 29.3 Å². The summed E-state index contributed by atoms with van der Waals surface area (Å²) in [6, 6.07) is 4.52. The molecule has 1 amide bonds. The Morgan fingerprint density at radius 2 is 2.00 bits per heavy atom. The van der Waals surface area contributed by atoms with E-state index in [2.05, 4.69) is 10.0 Å². The first-order chi connectivity index (χ1) is 9.92. The van der Waals surface area contributed by atoms with E-state index in [1.807, 2.05) is 6.92 Å². The van der Waals surface area contributed by atoms with Gasteiger partial charge in [-0.05, 0) is 31.0 Å².